The highest BCUT2D eigenvalue weighted by molar-refractivity contribution is 9.09. The quantitative estimate of drug-likeness (QED) is 0.0421. The highest BCUT2D eigenvalue weighted by Crippen LogP contribution is 2.46. The number of alkyl halides is 1. The third-order valence-electron chi connectivity index (χ3n) is 12.5. The van der Waals surface area contributed by atoms with Gasteiger partial charge in [0.15, 0.2) is 0 Å². The van der Waals surface area contributed by atoms with E-state index in [4.69, 9.17) is 16.2 Å². The second-order valence-electron chi connectivity index (χ2n) is 18.0. The Balaban J connectivity index is 1.01. The topological polar surface area (TPSA) is 278 Å². The van der Waals surface area contributed by atoms with Gasteiger partial charge in [0, 0.05) is 103 Å². The van der Waals surface area contributed by atoms with Gasteiger partial charge in [-0.3, -0.25) is 29.3 Å². The molecule has 2 aliphatic heterocycles. The van der Waals surface area contributed by atoms with E-state index >= 15 is 0 Å². The number of rotatable bonds is 19. The van der Waals surface area contributed by atoms with Crippen molar-refractivity contribution < 1.29 is 38.3 Å². The lowest BCUT2D eigenvalue weighted by atomic mass is 9.95. The molecule has 376 valence electrons. The van der Waals surface area contributed by atoms with Gasteiger partial charge in [-0.05, 0) is 85.3 Å². The molecule has 1 saturated heterocycles. The third kappa shape index (κ3) is 12.8. The molecule has 20 nitrogen and oxygen atoms in total. The van der Waals surface area contributed by atoms with Gasteiger partial charge in [-0.2, -0.15) is 0 Å². The van der Waals surface area contributed by atoms with Crippen molar-refractivity contribution in [1.29, 1.82) is 0 Å². The first-order chi connectivity index (χ1) is 34.1. The summed E-state index contributed by atoms with van der Waals surface area (Å²) in [4.78, 5) is 101. The number of carbonyl (C=O) groups excluding carboxylic acids is 7. The molecule has 2 unspecified atom stereocenters. The maximum absolute atomic E-state index is 14.4. The van der Waals surface area contributed by atoms with Crippen LogP contribution in [-0.4, -0.2) is 140 Å². The van der Waals surface area contributed by atoms with Crippen LogP contribution in [0.2, 0.25) is 0 Å². The van der Waals surface area contributed by atoms with Crippen LogP contribution in [0.25, 0.3) is 21.7 Å². The lowest BCUT2D eigenvalue weighted by Crippen LogP contribution is -2.54. The molecule has 0 aliphatic carbocycles. The van der Waals surface area contributed by atoms with Crippen molar-refractivity contribution in [2.45, 2.75) is 44.7 Å². The second-order valence-corrected chi connectivity index (χ2v) is 18.7. The Kier molecular flexibility index (Phi) is 17.3. The van der Waals surface area contributed by atoms with Crippen LogP contribution in [0.3, 0.4) is 0 Å². The standard InChI is InChI=1S/C50H61BrN12O8/c1-29(2)44(56-27-42(64)54-18-16-52)47(67)60-38(9-6-17-55-49(53)69)46(66)57-33-12-10-30(11-13-33)45(65)58-34-14-15-37-31(23-34)24-39(59-37)48(68)63-28-32(26-51)43-36-8-5-4-7-35(36)41(25-40(43)63)71-50(70)62-21-19-61(3)20-22-62/h4-5,7-8,10-15,23-25,29,32,38,44,56,59H,6,9,16-22,26-28,52H2,1-3H3,(H,54,64)(H,57,66)(H,58,65)(H,60,67)(H3,53,55,69)/t32-,38?,44?/m1/s1. The van der Waals surface area contributed by atoms with E-state index in [1.54, 1.807) is 78.2 Å². The maximum atomic E-state index is 14.4. The predicted octanol–water partition coefficient (Wildman–Crippen LogP) is 4.02. The molecule has 0 saturated carbocycles. The van der Waals surface area contributed by atoms with Gasteiger partial charge in [-0.25, -0.2) is 9.59 Å². The number of urea groups is 1. The van der Waals surface area contributed by atoms with E-state index in [0.29, 0.717) is 82.9 Å². The summed E-state index contributed by atoms with van der Waals surface area (Å²) in [7, 11) is 2.02. The number of benzene rings is 4. The number of primary amides is 1. The number of amides is 8. The average Bonchev–Trinajstić information content (AvgIpc) is 3.96. The molecule has 1 aromatic heterocycles. The number of likely N-dealkylation sites (N-methyl/N-ethyl adjacent to an activating group) is 1. The van der Waals surface area contributed by atoms with Crippen molar-refractivity contribution in [1.82, 2.24) is 36.1 Å². The van der Waals surface area contributed by atoms with E-state index in [9.17, 15) is 33.6 Å². The second kappa shape index (κ2) is 23.7. The van der Waals surface area contributed by atoms with Gasteiger partial charge >= 0.3 is 12.1 Å². The number of fused-ring (bicyclic) bond motifs is 4. The van der Waals surface area contributed by atoms with Crippen molar-refractivity contribution >= 4 is 96.3 Å². The molecule has 3 heterocycles. The molecule has 8 amide bonds. The van der Waals surface area contributed by atoms with Crippen LogP contribution >= 0.6 is 15.9 Å². The highest BCUT2D eigenvalue weighted by Gasteiger charge is 2.36. The maximum Gasteiger partial charge on any atom is 0.415 e. The van der Waals surface area contributed by atoms with Gasteiger partial charge in [0.25, 0.3) is 11.8 Å². The van der Waals surface area contributed by atoms with Crippen molar-refractivity contribution in [3.63, 3.8) is 0 Å². The van der Waals surface area contributed by atoms with Crippen LogP contribution in [-0.2, 0) is 14.4 Å². The summed E-state index contributed by atoms with van der Waals surface area (Å²) in [5, 5.41) is 19.6. The van der Waals surface area contributed by atoms with E-state index in [2.05, 4.69) is 57.7 Å². The van der Waals surface area contributed by atoms with Gasteiger partial charge in [-0.15, -0.1) is 0 Å². The molecule has 1 fully saturated rings. The number of nitrogens with two attached hydrogens (primary N) is 2. The van der Waals surface area contributed by atoms with Crippen LogP contribution in [0.1, 0.15) is 59.0 Å². The molecule has 11 N–H and O–H groups in total. The summed E-state index contributed by atoms with van der Waals surface area (Å²) >= 11 is 3.68. The molecular formula is C50H61BrN12O8. The molecule has 0 bridgehead atoms. The Hall–Kier alpha value is -7.07. The summed E-state index contributed by atoms with van der Waals surface area (Å²) in [5.74, 6) is -1.91. The number of aromatic nitrogens is 1. The number of halogens is 1. The first kappa shape index (κ1) is 51.8. The number of hydrogen-bond acceptors (Lipinski definition) is 11. The third-order valence-corrected chi connectivity index (χ3v) is 13.3. The normalized spacial score (nSPS) is 15.5. The molecule has 0 radical (unpaired) electrons. The van der Waals surface area contributed by atoms with Gasteiger partial charge in [0.1, 0.15) is 17.5 Å². The number of nitrogens with zero attached hydrogens (tertiary/aromatic N) is 3. The number of nitrogens with one attached hydrogen (secondary N) is 7. The fourth-order valence-electron chi connectivity index (χ4n) is 8.73. The lowest BCUT2D eigenvalue weighted by Gasteiger charge is -2.31. The van der Waals surface area contributed by atoms with Crippen LogP contribution in [0.4, 0.5) is 26.7 Å². The number of carbonyl (C=O) groups is 7. The fourth-order valence-corrected chi connectivity index (χ4v) is 9.26. The van der Waals surface area contributed by atoms with Crippen molar-refractivity contribution in [3.05, 3.63) is 95.7 Å². The minimum atomic E-state index is -1.03. The summed E-state index contributed by atoms with van der Waals surface area (Å²) < 4.78 is 6.07. The first-order valence-electron chi connectivity index (χ1n) is 23.6. The van der Waals surface area contributed by atoms with Gasteiger partial charge in [-0.1, -0.05) is 54.0 Å². The fraction of sp³-hybridized carbons (Fsp3) is 0.380. The van der Waals surface area contributed by atoms with Gasteiger partial charge in [0.05, 0.1) is 18.3 Å². The smallest absolute Gasteiger partial charge is 0.409 e. The molecule has 71 heavy (non-hydrogen) atoms. The molecule has 7 rings (SSSR count). The number of hydrogen-bond donors (Lipinski definition) is 9. The highest BCUT2D eigenvalue weighted by atomic mass is 79.9. The Bertz CT molecular complexity index is 2780. The minimum Gasteiger partial charge on any atom is -0.409 e. The lowest BCUT2D eigenvalue weighted by molar-refractivity contribution is -0.129. The summed E-state index contributed by atoms with van der Waals surface area (Å²) in [5.41, 5.74) is 14.5. The van der Waals surface area contributed by atoms with Gasteiger partial charge < -0.3 is 62.5 Å². The number of piperazine rings is 1. The molecule has 2 aliphatic rings. The molecular weight excluding hydrogens is 977 g/mol. The Morgan fingerprint density at radius 3 is 2.25 bits per heavy atom. The monoisotopic (exact) mass is 1040 g/mol. The SMILES string of the molecule is CC(C)C(NCC(=O)NCCN)C(=O)NC(CCCNC(N)=O)C(=O)Nc1ccc(C(=O)Nc2ccc3[nH]c(C(=O)N4C[C@@H](CBr)c5c4cc(OC(=O)N4CCN(C)CC4)c4ccccc54)cc3c2)cc1. The largest absolute Gasteiger partial charge is 0.415 e. The van der Waals surface area contributed by atoms with Crippen LogP contribution in [0, 0.1) is 5.92 Å². The van der Waals surface area contributed by atoms with E-state index in [0.717, 1.165) is 29.4 Å². The Morgan fingerprint density at radius 1 is 0.845 bits per heavy atom. The van der Waals surface area contributed by atoms with Crippen molar-refractivity contribution in [2.75, 3.05) is 86.8 Å². The van der Waals surface area contributed by atoms with Crippen LogP contribution in [0.5, 0.6) is 5.75 Å². The zero-order valence-electron chi connectivity index (χ0n) is 39.9. The Labute approximate surface area is 419 Å². The first-order valence-corrected chi connectivity index (χ1v) is 24.7. The zero-order valence-corrected chi connectivity index (χ0v) is 41.5. The van der Waals surface area contributed by atoms with E-state index in [1.807, 2.05) is 31.3 Å². The number of H-pyrrole nitrogens is 1. The minimum absolute atomic E-state index is 0.0221. The number of aromatic amines is 1. The zero-order chi connectivity index (χ0) is 50.8. The average molecular weight is 1040 g/mol. The predicted molar refractivity (Wildman–Crippen MR) is 276 cm³/mol. The molecule has 5 aromatic rings. The van der Waals surface area contributed by atoms with E-state index in [1.165, 1.54) is 0 Å². The van der Waals surface area contributed by atoms with Crippen LogP contribution < -0.4 is 53.0 Å². The number of ether oxygens (including phenoxy) is 1. The van der Waals surface area contributed by atoms with Crippen LogP contribution in [0.15, 0.2) is 78.9 Å². The van der Waals surface area contributed by atoms with Crippen molar-refractivity contribution in [3.8, 4) is 5.75 Å². The molecule has 0 spiro atoms. The number of anilines is 3. The molecule has 21 heteroatoms. The van der Waals surface area contributed by atoms with E-state index in [-0.39, 0.29) is 49.7 Å². The summed E-state index contributed by atoms with van der Waals surface area (Å²) in [6.45, 7) is 7.23. The summed E-state index contributed by atoms with van der Waals surface area (Å²) in [6, 6.07) is 20.2. The molecule has 4 aromatic carbocycles. The van der Waals surface area contributed by atoms with E-state index < -0.39 is 41.9 Å². The summed E-state index contributed by atoms with van der Waals surface area (Å²) in [6.07, 6.45) is 0.0387. The van der Waals surface area contributed by atoms with Crippen molar-refractivity contribution in [2.24, 2.45) is 17.4 Å². The Morgan fingerprint density at radius 2 is 1.56 bits per heavy atom. The van der Waals surface area contributed by atoms with Gasteiger partial charge in [0.2, 0.25) is 17.7 Å². The molecule has 3 atom stereocenters.